The minimum Gasteiger partial charge on any atom is -0.480 e. The summed E-state index contributed by atoms with van der Waals surface area (Å²) in [4.78, 5) is 25.3. The van der Waals surface area contributed by atoms with E-state index in [-0.39, 0.29) is 5.91 Å². The molecule has 1 amide bonds. The number of fused-ring (bicyclic) bond motifs is 1. The van der Waals surface area contributed by atoms with Crippen molar-refractivity contribution in [2.75, 3.05) is 12.0 Å². The lowest BCUT2D eigenvalue weighted by Crippen LogP contribution is -2.53. The third-order valence-electron chi connectivity index (χ3n) is 3.77. The van der Waals surface area contributed by atoms with Gasteiger partial charge in [0.1, 0.15) is 6.04 Å². The van der Waals surface area contributed by atoms with Crippen molar-refractivity contribution in [2.45, 2.75) is 31.5 Å². The molecule has 0 fully saturated rings. The zero-order valence-corrected chi connectivity index (χ0v) is 12.8. The number of nitrogens with zero attached hydrogens (tertiary/aromatic N) is 1. The van der Waals surface area contributed by atoms with E-state index < -0.39 is 18.1 Å². The molecule has 0 unspecified atom stereocenters. The summed E-state index contributed by atoms with van der Waals surface area (Å²) in [5.74, 6) is -0.462. The normalized spacial score (nSPS) is 19.0. The van der Waals surface area contributed by atoms with Crippen LogP contribution in [-0.4, -0.2) is 46.0 Å². The van der Waals surface area contributed by atoms with Crippen LogP contribution in [0.3, 0.4) is 0 Å². The summed E-state index contributed by atoms with van der Waals surface area (Å²) >= 11 is 1.62. The highest BCUT2D eigenvalue weighted by Gasteiger charge is 2.36. The number of carboxylic acids is 1. The lowest BCUT2D eigenvalue weighted by molar-refractivity contribution is -0.152. The number of aliphatic carboxylic acids is 1. The predicted octanol–water partition coefficient (Wildman–Crippen LogP) is 1.10. The van der Waals surface area contributed by atoms with Gasteiger partial charge in [0, 0.05) is 13.0 Å². The van der Waals surface area contributed by atoms with Crippen LogP contribution in [0.1, 0.15) is 17.5 Å². The molecule has 21 heavy (non-hydrogen) atoms. The first-order valence-electron chi connectivity index (χ1n) is 6.89. The van der Waals surface area contributed by atoms with E-state index >= 15 is 0 Å². The van der Waals surface area contributed by atoms with Gasteiger partial charge >= 0.3 is 5.97 Å². The van der Waals surface area contributed by atoms with E-state index in [1.54, 1.807) is 11.8 Å². The first-order valence-corrected chi connectivity index (χ1v) is 8.28. The third-order valence-corrected chi connectivity index (χ3v) is 4.41. The van der Waals surface area contributed by atoms with E-state index in [0.29, 0.717) is 19.4 Å². The molecule has 0 bridgehead atoms. The summed E-state index contributed by atoms with van der Waals surface area (Å²) in [6.07, 6.45) is 2.85. The molecule has 0 saturated carbocycles. The SMILES string of the molecule is CSCC[C@@H](N)C(=O)N1Cc2ccccc2C[C@H]1C(=O)O. The zero-order chi connectivity index (χ0) is 15.4. The van der Waals surface area contributed by atoms with Crippen molar-refractivity contribution in [1.82, 2.24) is 4.90 Å². The summed E-state index contributed by atoms with van der Waals surface area (Å²) < 4.78 is 0. The number of benzene rings is 1. The Morgan fingerprint density at radius 2 is 2.10 bits per heavy atom. The van der Waals surface area contributed by atoms with Crippen LogP contribution in [0.25, 0.3) is 0 Å². The van der Waals surface area contributed by atoms with Gasteiger partial charge < -0.3 is 15.7 Å². The van der Waals surface area contributed by atoms with Crippen molar-refractivity contribution < 1.29 is 14.7 Å². The van der Waals surface area contributed by atoms with E-state index in [4.69, 9.17) is 5.73 Å². The molecule has 5 nitrogen and oxygen atoms in total. The van der Waals surface area contributed by atoms with Crippen molar-refractivity contribution in [3.63, 3.8) is 0 Å². The summed E-state index contributed by atoms with van der Waals surface area (Å²) in [6, 6.07) is 6.18. The molecular formula is C15H20N2O3S. The fourth-order valence-corrected chi connectivity index (χ4v) is 3.05. The number of hydrogen-bond acceptors (Lipinski definition) is 4. The Kier molecular flexibility index (Phi) is 5.25. The van der Waals surface area contributed by atoms with Crippen LogP contribution >= 0.6 is 11.8 Å². The molecule has 0 saturated heterocycles. The van der Waals surface area contributed by atoms with Gasteiger partial charge in [-0.1, -0.05) is 24.3 Å². The summed E-state index contributed by atoms with van der Waals surface area (Å²) in [7, 11) is 0. The smallest absolute Gasteiger partial charge is 0.326 e. The van der Waals surface area contributed by atoms with Gasteiger partial charge in [0.05, 0.1) is 6.04 Å². The Morgan fingerprint density at radius 1 is 1.43 bits per heavy atom. The zero-order valence-electron chi connectivity index (χ0n) is 12.0. The predicted molar refractivity (Wildman–Crippen MR) is 83.1 cm³/mol. The molecule has 0 aliphatic carbocycles. The molecule has 0 radical (unpaired) electrons. The van der Waals surface area contributed by atoms with Gasteiger partial charge in [-0.3, -0.25) is 4.79 Å². The fraction of sp³-hybridized carbons (Fsp3) is 0.467. The molecule has 2 atom stereocenters. The van der Waals surface area contributed by atoms with Crippen LogP contribution in [0.2, 0.25) is 0 Å². The Bertz CT molecular complexity index is 535. The van der Waals surface area contributed by atoms with Gasteiger partial charge in [-0.25, -0.2) is 4.79 Å². The van der Waals surface area contributed by atoms with Crippen molar-refractivity contribution >= 4 is 23.6 Å². The number of hydrogen-bond donors (Lipinski definition) is 2. The van der Waals surface area contributed by atoms with Gasteiger partial charge in [0.25, 0.3) is 0 Å². The summed E-state index contributed by atoms with van der Waals surface area (Å²) in [6.45, 7) is 0.318. The van der Waals surface area contributed by atoms with E-state index in [1.807, 2.05) is 30.5 Å². The Morgan fingerprint density at radius 3 is 2.71 bits per heavy atom. The van der Waals surface area contributed by atoms with E-state index in [2.05, 4.69) is 0 Å². The van der Waals surface area contributed by atoms with Crippen molar-refractivity contribution in [2.24, 2.45) is 5.73 Å². The molecule has 1 aliphatic heterocycles. The second kappa shape index (κ2) is 6.95. The van der Waals surface area contributed by atoms with Gasteiger partial charge in [0.2, 0.25) is 5.91 Å². The molecule has 114 valence electrons. The highest BCUT2D eigenvalue weighted by molar-refractivity contribution is 7.98. The van der Waals surface area contributed by atoms with E-state index in [9.17, 15) is 14.7 Å². The molecule has 2 rings (SSSR count). The maximum absolute atomic E-state index is 12.5. The monoisotopic (exact) mass is 308 g/mol. The standard InChI is InChI=1S/C15H20N2O3S/c1-21-7-6-12(16)14(18)17-9-11-5-3-2-4-10(11)8-13(17)15(19)20/h2-5,12-13H,6-9,16H2,1H3,(H,19,20)/t12-,13+/m1/s1. The number of carbonyl (C=O) groups is 2. The van der Waals surface area contributed by atoms with Gasteiger partial charge in [-0.15, -0.1) is 0 Å². The average molecular weight is 308 g/mol. The molecule has 1 aliphatic rings. The number of carbonyl (C=O) groups excluding carboxylic acids is 1. The quantitative estimate of drug-likeness (QED) is 0.851. The second-order valence-electron chi connectivity index (χ2n) is 5.18. The van der Waals surface area contributed by atoms with Gasteiger partial charge in [-0.05, 0) is 29.6 Å². The molecule has 0 spiro atoms. The Labute approximate surface area is 128 Å². The van der Waals surface area contributed by atoms with Crippen LogP contribution in [0.4, 0.5) is 0 Å². The molecule has 6 heteroatoms. The van der Waals surface area contributed by atoms with Crippen LogP contribution in [0.15, 0.2) is 24.3 Å². The number of amides is 1. The topological polar surface area (TPSA) is 83.6 Å². The highest BCUT2D eigenvalue weighted by Crippen LogP contribution is 2.24. The van der Waals surface area contributed by atoms with Crippen LogP contribution < -0.4 is 5.73 Å². The first-order chi connectivity index (χ1) is 10.0. The summed E-state index contributed by atoms with van der Waals surface area (Å²) in [5, 5.41) is 9.40. The van der Waals surface area contributed by atoms with Gasteiger partial charge in [0.15, 0.2) is 0 Å². The lowest BCUT2D eigenvalue weighted by Gasteiger charge is -2.35. The maximum Gasteiger partial charge on any atom is 0.326 e. The average Bonchev–Trinajstić information content (AvgIpc) is 2.50. The third kappa shape index (κ3) is 3.57. The van der Waals surface area contributed by atoms with Gasteiger partial charge in [-0.2, -0.15) is 11.8 Å². The van der Waals surface area contributed by atoms with Crippen molar-refractivity contribution in [3.8, 4) is 0 Å². The number of carboxylic acid groups (broad SMARTS) is 1. The Balaban J connectivity index is 2.20. The number of thioether (sulfide) groups is 1. The van der Waals surface area contributed by atoms with Crippen LogP contribution in [-0.2, 0) is 22.6 Å². The maximum atomic E-state index is 12.5. The lowest BCUT2D eigenvalue weighted by atomic mass is 9.93. The second-order valence-corrected chi connectivity index (χ2v) is 6.17. The molecule has 1 aromatic rings. The molecule has 1 heterocycles. The van der Waals surface area contributed by atoms with Crippen LogP contribution in [0.5, 0.6) is 0 Å². The highest BCUT2D eigenvalue weighted by atomic mass is 32.2. The fourth-order valence-electron chi connectivity index (χ4n) is 2.56. The molecule has 0 aromatic heterocycles. The number of rotatable bonds is 5. The molecule has 3 N–H and O–H groups in total. The molecule has 1 aromatic carbocycles. The van der Waals surface area contributed by atoms with Crippen molar-refractivity contribution in [1.29, 1.82) is 0 Å². The Hall–Kier alpha value is -1.53. The minimum absolute atomic E-state index is 0.272. The minimum atomic E-state index is -0.977. The molecular weight excluding hydrogens is 288 g/mol. The first kappa shape index (κ1) is 15.9. The van der Waals surface area contributed by atoms with Crippen molar-refractivity contribution in [3.05, 3.63) is 35.4 Å². The largest absolute Gasteiger partial charge is 0.480 e. The van der Waals surface area contributed by atoms with E-state index in [1.165, 1.54) is 4.90 Å². The summed E-state index contributed by atoms with van der Waals surface area (Å²) in [5.41, 5.74) is 7.91. The van der Waals surface area contributed by atoms with Crippen LogP contribution in [0, 0.1) is 0 Å². The number of nitrogens with two attached hydrogens (primary N) is 1. The van der Waals surface area contributed by atoms with E-state index in [0.717, 1.165) is 16.9 Å².